The van der Waals surface area contributed by atoms with Crippen molar-refractivity contribution in [3.8, 4) is 11.5 Å². The number of benzene rings is 2. The van der Waals surface area contributed by atoms with Crippen LogP contribution in [0.2, 0.25) is 10.0 Å². The van der Waals surface area contributed by atoms with Crippen molar-refractivity contribution in [3.63, 3.8) is 0 Å². The zero-order chi connectivity index (χ0) is 15.0. The van der Waals surface area contributed by atoms with E-state index in [0.29, 0.717) is 24.0 Å². The van der Waals surface area contributed by atoms with Gasteiger partial charge >= 0.3 is 0 Å². The second kappa shape index (κ2) is 6.52. The molecule has 0 saturated heterocycles. The van der Waals surface area contributed by atoms with Crippen molar-refractivity contribution >= 4 is 61.7 Å². The van der Waals surface area contributed by atoms with Gasteiger partial charge in [0, 0.05) is 14.7 Å². The van der Waals surface area contributed by atoms with E-state index in [0.717, 1.165) is 25.5 Å². The van der Waals surface area contributed by atoms with Gasteiger partial charge in [-0.1, -0.05) is 45.2 Å². The van der Waals surface area contributed by atoms with E-state index in [9.17, 15) is 0 Å². The maximum absolute atomic E-state index is 6.38. The van der Waals surface area contributed by atoms with E-state index in [1.54, 1.807) is 6.07 Å². The Morgan fingerprint density at radius 1 is 1.00 bits per heavy atom. The van der Waals surface area contributed by atoms with Gasteiger partial charge in [-0.3, -0.25) is 0 Å². The third-order valence-corrected chi connectivity index (χ3v) is 6.09. The molecule has 0 N–H and O–H groups in total. The highest BCUT2D eigenvalue weighted by Crippen LogP contribution is 2.42. The van der Waals surface area contributed by atoms with Gasteiger partial charge in [0.1, 0.15) is 13.2 Å². The molecule has 0 fully saturated rings. The lowest BCUT2D eigenvalue weighted by molar-refractivity contribution is 0.171. The molecule has 1 atom stereocenters. The van der Waals surface area contributed by atoms with Crippen LogP contribution < -0.4 is 9.47 Å². The topological polar surface area (TPSA) is 18.5 Å². The minimum absolute atomic E-state index is 0.0599. The van der Waals surface area contributed by atoms with Crippen LogP contribution in [0, 0.1) is 3.57 Å². The summed E-state index contributed by atoms with van der Waals surface area (Å²) in [6.07, 6.45) is 0. The fourth-order valence-corrected chi connectivity index (χ4v) is 3.71. The van der Waals surface area contributed by atoms with E-state index in [4.69, 9.17) is 32.7 Å². The normalized spacial score (nSPS) is 14.9. The van der Waals surface area contributed by atoms with Crippen molar-refractivity contribution in [3.05, 3.63) is 55.1 Å². The number of halogens is 4. The minimum Gasteiger partial charge on any atom is -0.486 e. The summed E-state index contributed by atoms with van der Waals surface area (Å²) in [6.45, 7) is 1.10. The molecular formula is C15H10BrCl2IO2. The van der Waals surface area contributed by atoms with Crippen molar-refractivity contribution in [1.82, 2.24) is 0 Å². The highest BCUT2D eigenvalue weighted by Gasteiger charge is 2.20. The zero-order valence-electron chi connectivity index (χ0n) is 10.7. The molecule has 1 heterocycles. The van der Waals surface area contributed by atoms with Crippen LogP contribution >= 0.6 is 61.7 Å². The summed E-state index contributed by atoms with van der Waals surface area (Å²) >= 11 is 18.5. The zero-order valence-corrected chi connectivity index (χ0v) is 16.0. The first-order valence-electron chi connectivity index (χ1n) is 6.24. The van der Waals surface area contributed by atoms with Crippen molar-refractivity contribution in [2.45, 2.75) is 4.83 Å². The molecule has 0 radical (unpaired) electrons. The number of hydrogen-bond donors (Lipinski definition) is 0. The summed E-state index contributed by atoms with van der Waals surface area (Å²) in [6, 6.07) is 9.67. The lowest BCUT2D eigenvalue weighted by Gasteiger charge is -2.21. The van der Waals surface area contributed by atoms with Gasteiger partial charge in [-0.25, -0.2) is 0 Å². The summed E-state index contributed by atoms with van der Waals surface area (Å²) in [5.74, 6) is 1.41. The quantitative estimate of drug-likeness (QED) is 0.381. The Morgan fingerprint density at radius 3 is 2.33 bits per heavy atom. The molecule has 1 aliphatic rings. The van der Waals surface area contributed by atoms with Crippen LogP contribution in [0.25, 0.3) is 0 Å². The van der Waals surface area contributed by atoms with Crippen molar-refractivity contribution < 1.29 is 9.47 Å². The SMILES string of the molecule is Clc1cc(C(Br)c2cc3c(cc2Cl)OCCO3)ccc1I. The molecule has 21 heavy (non-hydrogen) atoms. The number of fused-ring (bicyclic) bond motifs is 1. The highest BCUT2D eigenvalue weighted by atomic mass is 127. The Kier molecular flexibility index (Phi) is 4.88. The molecule has 0 bridgehead atoms. The molecule has 0 saturated carbocycles. The third kappa shape index (κ3) is 3.28. The Hall–Kier alpha value is -0.170. The summed E-state index contributed by atoms with van der Waals surface area (Å²) in [5.41, 5.74) is 1.97. The lowest BCUT2D eigenvalue weighted by atomic mass is 10.0. The molecule has 3 rings (SSSR count). The van der Waals surface area contributed by atoms with Crippen LogP contribution in [0.5, 0.6) is 11.5 Å². The number of rotatable bonds is 2. The van der Waals surface area contributed by atoms with E-state index in [2.05, 4.69) is 38.5 Å². The third-order valence-electron chi connectivity index (χ3n) is 3.17. The standard InChI is InChI=1S/C15H10BrCl2IO2/c16-15(8-1-2-12(19)11(18)5-8)9-6-13-14(7-10(9)17)21-4-3-20-13/h1-2,5-7,15H,3-4H2. The molecule has 0 aromatic heterocycles. The fraction of sp³-hybridized carbons (Fsp3) is 0.200. The lowest BCUT2D eigenvalue weighted by Crippen LogP contribution is -2.15. The molecule has 0 aliphatic carbocycles. The summed E-state index contributed by atoms with van der Waals surface area (Å²) < 4.78 is 12.2. The van der Waals surface area contributed by atoms with Crippen LogP contribution in [0.15, 0.2) is 30.3 Å². The predicted octanol–water partition coefficient (Wildman–Crippen LogP) is 5.85. The second-order valence-electron chi connectivity index (χ2n) is 4.55. The van der Waals surface area contributed by atoms with Gasteiger partial charge in [-0.05, 0) is 51.9 Å². The van der Waals surface area contributed by atoms with Gasteiger partial charge in [-0.2, -0.15) is 0 Å². The maximum atomic E-state index is 6.38. The molecule has 1 unspecified atom stereocenters. The van der Waals surface area contributed by atoms with Crippen molar-refractivity contribution in [2.24, 2.45) is 0 Å². The smallest absolute Gasteiger partial charge is 0.162 e. The number of ether oxygens (including phenoxy) is 2. The first kappa shape index (κ1) is 15.7. The Balaban J connectivity index is 2.00. The minimum atomic E-state index is -0.0599. The summed E-state index contributed by atoms with van der Waals surface area (Å²) in [4.78, 5) is -0.0599. The number of alkyl halides is 1. The van der Waals surface area contributed by atoms with Gasteiger partial charge in [0.2, 0.25) is 0 Å². The van der Waals surface area contributed by atoms with Gasteiger partial charge in [0.05, 0.1) is 9.85 Å². The van der Waals surface area contributed by atoms with Crippen LogP contribution in [-0.4, -0.2) is 13.2 Å². The molecule has 2 nitrogen and oxygen atoms in total. The summed E-state index contributed by atoms with van der Waals surface area (Å²) in [7, 11) is 0. The Labute approximate surface area is 155 Å². The van der Waals surface area contributed by atoms with E-state index in [1.165, 1.54) is 0 Å². The van der Waals surface area contributed by atoms with Gasteiger partial charge < -0.3 is 9.47 Å². The van der Waals surface area contributed by atoms with Gasteiger partial charge in [0.15, 0.2) is 11.5 Å². The molecule has 2 aromatic rings. The van der Waals surface area contributed by atoms with Crippen LogP contribution in [0.1, 0.15) is 16.0 Å². The molecule has 110 valence electrons. The average molecular weight is 500 g/mol. The first-order chi connectivity index (χ1) is 10.1. The maximum Gasteiger partial charge on any atom is 0.162 e. The van der Waals surface area contributed by atoms with Gasteiger partial charge in [0.25, 0.3) is 0 Å². The molecule has 0 amide bonds. The van der Waals surface area contributed by atoms with Crippen molar-refractivity contribution in [1.29, 1.82) is 0 Å². The van der Waals surface area contributed by atoms with Crippen LogP contribution in [0.4, 0.5) is 0 Å². The second-order valence-corrected chi connectivity index (χ2v) is 7.45. The van der Waals surface area contributed by atoms with E-state index < -0.39 is 0 Å². The predicted molar refractivity (Wildman–Crippen MR) is 97.4 cm³/mol. The van der Waals surface area contributed by atoms with E-state index >= 15 is 0 Å². The molecule has 1 aliphatic heterocycles. The Morgan fingerprint density at radius 2 is 1.67 bits per heavy atom. The largest absolute Gasteiger partial charge is 0.486 e. The monoisotopic (exact) mass is 498 g/mol. The number of hydrogen-bond acceptors (Lipinski definition) is 2. The van der Waals surface area contributed by atoms with Crippen LogP contribution in [-0.2, 0) is 0 Å². The van der Waals surface area contributed by atoms with E-state index in [-0.39, 0.29) is 4.83 Å². The van der Waals surface area contributed by atoms with Crippen molar-refractivity contribution in [2.75, 3.05) is 13.2 Å². The Bertz CT molecular complexity index is 694. The molecular weight excluding hydrogens is 490 g/mol. The van der Waals surface area contributed by atoms with Crippen LogP contribution in [0.3, 0.4) is 0 Å². The highest BCUT2D eigenvalue weighted by molar-refractivity contribution is 14.1. The molecule has 2 aromatic carbocycles. The fourth-order valence-electron chi connectivity index (χ4n) is 2.12. The van der Waals surface area contributed by atoms with Gasteiger partial charge in [-0.15, -0.1) is 0 Å². The average Bonchev–Trinajstić information content (AvgIpc) is 2.48. The summed E-state index contributed by atoms with van der Waals surface area (Å²) in [5, 5.41) is 1.36. The first-order valence-corrected chi connectivity index (χ1v) is 8.99. The van der Waals surface area contributed by atoms with E-state index in [1.807, 2.05) is 24.3 Å². The molecule has 0 spiro atoms. The molecule has 6 heteroatoms.